The first-order chi connectivity index (χ1) is 24.0. The van der Waals surface area contributed by atoms with Crippen molar-refractivity contribution in [2.75, 3.05) is 28.4 Å². The van der Waals surface area contributed by atoms with Crippen LogP contribution in [0.1, 0.15) is 101 Å². The third-order valence-electron chi connectivity index (χ3n) is 8.39. The average molecular weight is 694 g/mol. The number of carbonyl (C=O) groups excluding carboxylic acids is 4. The van der Waals surface area contributed by atoms with Gasteiger partial charge in [0.1, 0.15) is 28.6 Å². The van der Waals surface area contributed by atoms with Gasteiger partial charge in [-0.05, 0) is 74.1 Å². The molecule has 13 heteroatoms. The molecule has 268 valence electrons. The van der Waals surface area contributed by atoms with Crippen LogP contribution in [0.5, 0.6) is 28.7 Å². The zero-order valence-corrected chi connectivity index (χ0v) is 28.8. The van der Waals surface area contributed by atoms with E-state index in [1.165, 1.54) is 46.6 Å². The molecule has 13 nitrogen and oxygen atoms in total. The molecule has 0 fully saturated rings. The summed E-state index contributed by atoms with van der Waals surface area (Å²) in [6, 6.07) is 7.45. The molecule has 50 heavy (non-hydrogen) atoms. The maximum absolute atomic E-state index is 13.7. The van der Waals surface area contributed by atoms with E-state index in [1.807, 2.05) is 0 Å². The van der Waals surface area contributed by atoms with Crippen LogP contribution in [-0.2, 0) is 25.6 Å². The molecule has 2 atom stereocenters. The first-order valence-corrected chi connectivity index (χ1v) is 16.2. The van der Waals surface area contributed by atoms with Gasteiger partial charge in [-0.1, -0.05) is 12.2 Å². The lowest BCUT2D eigenvalue weighted by Gasteiger charge is -2.24. The number of nitrogens with one attached hydrogen (secondary N) is 1. The minimum Gasteiger partial charge on any atom is -0.507 e. The van der Waals surface area contributed by atoms with Gasteiger partial charge in [0, 0.05) is 30.7 Å². The number of methoxy groups -OCH3 is 4. The van der Waals surface area contributed by atoms with E-state index in [1.54, 1.807) is 31.2 Å². The molecule has 3 N–H and O–H groups in total. The normalized spacial score (nSPS) is 16.6. The number of fused-ring (bicyclic) bond motifs is 1. The molecular formula is C37H43NO12. The van der Waals surface area contributed by atoms with E-state index >= 15 is 0 Å². The van der Waals surface area contributed by atoms with Crippen LogP contribution in [0.4, 0.5) is 0 Å². The number of phenols is 2. The molecule has 3 aromatic rings. The Morgan fingerprint density at radius 2 is 1.68 bits per heavy atom. The number of cyclic esters (lactones) is 1. The zero-order valence-electron chi connectivity index (χ0n) is 28.8. The van der Waals surface area contributed by atoms with Crippen molar-refractivity contribution in [3.05, 3.63) is 70.2 Å². The Balaban J connectivity index is 1.81. The number of amides is 1. The number of rotatable bonds is 10. The molecule has 2 heterocycles. The fourth-order valence-electron chi connectivity index (χ4n) is 5.83. The van der Waals surface area contributed by atoms with Gasteiger partial charge in [-0.3, -0.25) is 9.59 Å². The van der Waals surface area contributed by atoms with Crippen molar-refractivity contribution < 1.29 is 57.5 Å². The summed E-state index contributed by atoms with van der Waals surface area (Å²) in [5.41, 5.74) is 0.298. The number of Topliss-reactive ketones (excluding diaryl/α,β-unsaturated/α-hetero) is 1. The summed E-state index contributed by atoms with van der Waals surface area (Å²) in [6.45, 7) is 1.62. The van der Waals surface area contributed by atoms with Crippen LogP contribution in [-0.4, -0.2) is 68.4 Å². The minimum absolute atomic E-state index is 0.0320. The van der Waals surface area contributed by atoms with Gasteiger partial charge in [-0.2, -0.15) is 0 Å². The Kier molecular flexibility index (Phi) is 12.9. The number of furan rings is 1. The predicted octanol–water partition coefficient (Wildman–Crippen LogP) is 5.82. The molecule has 1 amide bonds. The number of hydrogen-bond acceptors (Lipinski definition) is 12. The Morgan fingerprint density at radius 1 is 0.980 bits per heavy atom. The molecule has 0 saturated heterocycles. The molecule has 0 aliphatic carbocycles. The highest BCUT2D eigenvalue weighted by molar-refractivity contribution is 5.98. The number of carbonyl (C=O) groups is 4. The fourth-order valence-corrected chi connectivity index (χ4v) is 5.83. The second-order valence-electron chi connectivity index (χ2n) is 11.8. The van der Waals surface area contributed by atoms with Gasteiger partial charge in [0.05, 0.1) is 41.1 Å². The molecule has 1 aromatic heterocycles. The summed E-state index contributed by atoms with van der Waals surface area (Å²) in [4.78, 5) is 51.2. The van der Waals surface area contributed by atoms with E-state index in [-0.39, 0.29) is 70.0 Å². The quantitative estimate of drug-likeness (QED) is 0.217. The summed E-state index contributed by atoms with van der Waals surface area (Å²) >= 11 is 0. The summed E-state index contributed by atoms with van der Waals surface area (Å²) in [6.07, 6.45) is 5.39. The maximum atomic E-state index is 13.7. The van der Waals surface area contributed by atoms with E-state index in [0.29, 0.717) is 44.1 Å². The number of esters is 2. The van der Waals surface area contributed by atoms with Gasteiger partial charge in [-0.15, -0.1) is 0 Å². The summed E-state index contributed by atoms with van der Waals surface area (Å²) in [5, 5.41) is 26.1. The van der Waals surface area contributed by atoms with E-state index < -0.39 is 35.6 Å². The van der Waals surface area contributed by atoms with Crippen molar-refractivity contribution in [1.29, 1.82) is 0 Å². The van der Waals surface area contributed by atoms with E-state index in [0.717, 1.165) is 0 Å². The third-order valence-corrected chi connectivity index (χ3v) is 8.39. The SMILES string of the molecule is COC(=O)c1ccc(CNC(=O)CC(c2cc(OC)c(OC)c(OC)c2)c2c(O)cc3c(c2O)C(=O)O[C@@H](C)CCCC(=O)CCC/C=C/3)o1. The molecule has 1 unspecified atom stereocenters. The first-order valence-electron chi connectivity index (χ1n) is 16.2. The number of phenolic OH excluding ortho intramolecular Hbond substituents is 2. The fraction of sp³-hybridized carbons (Fsp3) is 0.405. The van der Waals surface area contributed by atoms with Crippen molar-refractivity contribution >= 4 is 29.7 Å². The molecule has 0 spiro atoms. The van der Waals surface area contributed by atoms with Gasteiger partial charge in [0.25, 0.3) is 0 Å². The molecule has 1 aliphatic heterocycles. The average Bonchev–Trinajstić information content (AvgIpc) is 3.57. The number of hydrogen-bond donors (Lipinski definition) is 3. The highest BCUT2D eigenvalue weighted by Gasteiger charge is 2.32. The first kappa shape index (κ1) is 37.4. The highest BCUT2D eigenvalue weighted by Crippen LogP contribution is 2.47. The Hall–Kier alpha value is -5.46. The molecule has 1 aliphatic rings. The van der Waals surface area contributed by atoms with Crippen LogP contribution in [0.2, 0.25) is 0 Å². The molecule has 2 aromatic carbocycles. The van der Waals surface area contributed by atoms with Gasteiger partial charge in [0.15, 0.2) is 11.5 Å². The molecule has 4 rings (SSSR count). The minimum atomic E-state index is -1.07. The Bertz CT molecular complexity index is 1710. The second kappa shape index (κ2) is 17.3. The summed E-state index contributed by atoms with van der Waals surface area (Å²) in [7, 11) is 5.51. The zero-order chi connectivity index (χ0) is 36.4. The van der Waals surface area contributed by atoms with Gasteiger partial charge < -0.3 is 43.6 Å². The second-order valence-corrected chi connectivity index (χ2v) is 11.8. The lowest BCUT2D eigenvalue weighted by Crippen LogP contribution is -2.25. The van der Waals surface area contributed by atoms with Crippen LogP contribution in [0, 0.1) is 0 Å². The van der Waals surface area contributed by atoms with Crippen molar-refractivity contribution in [3.63, 3.8) is 0 Å². The summed E-state index contributed by atoms with van der Waals surface area (Å²) < 4.78 is 32.4. The summed E-state index contributed by atoms with van der Waals surface area (Å²) in [5.74, 6) is -2.85. The van der Waals surface area contributed by atoms with Crippen LogP contribution in [0.3, 0.4) is 0 Å². The lowest BCUT2D eigenvalue weighted by atomic mass is 9.84. The maximum Gasteiger partial charge on any atom is 0.373 e. The molecule has 0 radical (unpaired) electrons. The topological polar surface area (TPSA) is 180 Å². The van der Waals surface area contributed by atoms with E-state index in [9.17, 15) is 29.4 Å². The van der Waals surface area contributed by atoms with Crippen LogP contribution < -0.4 is 19.5 Å². The van der Waals surface area contributed by atoms with Gasteiger partial charge in [-0.25, -0.2) is 9.59 Å². The molecular weight excluding hydrogens is 650 g/mol. The Morgan fingerprint density at radius 3 is 2.34 bits per heavy atom. The molecule has 0 saturated carbocycles. The largest absolute Gasteiger partial charge is 0.507 e. The highest BCUT2D eigenvalue weighted by atomic mass is 16.5. The van der Waals surface area contributed by atoms with Crippen LogP contribution in [0.25, 0.3) is 6.08 Å². The van der Waals surface area contributed by atoms with E-state index in [4.69, 9.17) is 23.4 Å². The number of benzene rings is 2. The number of ketones is 1. The van der Waals surface area contributed by atoms with Gasteiger partial charge >= 0.3 is 11.9 Å². The third kappa shape index (κ3) is 8.95. The van der Waals surface area contributed by atoms with Crippen molar-refractivity contribution in [1.82, 2.24) is 5.32 Å². The van der Waals surface area contributed by atoms with Crippen molar-refractivity contribution in [2.45, 2.75) is 70.4 Å². The standard InChI is InChI=1S/C37H43NO12/c1-21-10-9-13-24(39)12-8-6-7-11-22-16-27(40)33(34(42)32(22)37(44)49-21)26(23-17-29(45-2)35(47-4)30(18-23)46-3)19-31(41)38-20-25-14-15-28(50-25)36(43)48-5/h7,11,14-18,21,26,40,42H,6,8-10,12-13,19-20H2,1-5H3,(H,38,41)/b11-7+/t21-,26?/m0/s1. The smallest absolute Gasteiger partial charge is 0.373 e. The lowest BCUT2D eigenvalue weighted by molar-refractivity contribution is -0.121. The Labute approximate surface area is 290 Å². The predicted molar refractivity (Wildman–Crippen MR) is 181 cm³/mol. The monoisotopic (exact) mass is 693 g/mol. The number of aromatic hydroxyl groups is 2. The van der Waals surface area contributed by atoms with Crippen LogP contribution in [0.15, 0.2) is 40.8 Å². The van der Waals surface area contributed by atoms with Crippen LogP contribution >= 0.6 is 0 Å². The van der Waals surface area contributed by atoms with Crippen molar-refractivity contribution in [3.8, 4) is 28.7 Å². The van der Waals surface area contributed by atoms with Gasteiger partial charge in [0.2, 0.25) is 17.4 Å². The number of allylic oxidation sites excluding steroid dienone is 1. The number of ether oxygens (including phenoxy) is 5. The van der Waals surface area contributed by atoms with Crippen molar-refractivity contribution in [2.24, 2.45) is 0 Å². The van der Waals surface area contributed by atoms with E-state index in [2.05, 4.69) is 10.1 Å². The molecule has 0 bridgehead atoms.